The average molecular weight is 286 g/mol. The Morgan fingerprint density at radius 1 is 1.62 bits per heavy atom. The van der Waals surface area contributed by atoms with E-state index in [0.717, 1.165) is 0 Å². The van der Waals surface area contributed by atoms with Crippen molar-refractivity contribution in [2.75, 3.05) is 6.61 Å². The van der Waals surface area contributed by atoms with Gasteiger partial charge < -0.3 is 9.84 Å². The number of rotatable bonds is 3. The highest BCUT2D eigenvalue weighted by Gasteiger charge is 2.13. The van der Waals surface area contributed by atoms with Gasteiger partial charge in [0.2, 0.25) is 5.88 Å². The molecule has 0 amide bonds. The largest absolute Gasteiger partial charge is 0.478 e. The molecule has 2 heterocycles. The maximum absolute atomic E-state index is 10.8. The minimum atomic E-state index is -1.10. The van der Waals surface area contributed by atoms with E-state index in [9.17, 15) is 4.79 Å². The highest BCUT2D eigenvalue weighted by molar-refractivity contribution is 9.10. The molecular weight excluding hydrogens is 278 g/mol. The number of aromatic carboxylic acids is 1. The molecule has 0 bridgehead atoms. The predicted octanol–water partition coefficient (Wildman–Crippen LogP) is 1.59. The number of ether oxygens (including phenoxy) is 1. The standard InChI is InChI=1S/C9H8BrN3O3/c1-2-16-8-3-5(9(14)15)11-7-4-6(10)12-13(7)8/h3-4H,2H2,1H3,(H,14,15). The van der Waals surface area contributed by atoms with Gasteiger partial charge in [0.25, 0.3) is 0 Å². The van der Waals surface area contributed by atoms with Crippen molar-refractivity contribution in [3.8, 4) is 5.88 Å². The highest BCUT2D eigenvalue weighted by Crippen LogP contribution is 2.18. The maximum atomic E-state index is 10.8. The molecule has 0 fully saturated rings. The second-order valence-electron chi connectivity index (χ2n) is 2.95. The maximum Gasteiger partial charge on any atom is 0.354 e. The van der Waals surface area contributed by atoms with Crippen LogP contribution in [0, 0.1) is 0 Å². The summed E-state index contributed by atoms with van der Waals surface area (Å²) in [7, 11) is 0. The Morgan fingerprint density at radius 3 is 3.00 bits per heavy atom. The topological polar surface area (TPSA) is 76.7 Å². The van der Waals surface area contributed by atoms with Crippen molar-refractivity contribution < 1.29 is 14.6 Å². The summed E-state index contributed by atoms with van der Waals surface area (Å²) in [6, 6.07) is 2.97. The Bertz CT molecular complexity index is 552. The van der Waals surface area contributed by atoms with Crippen LogP contribution in [0.5, 0.6) is 5.88 Å². The molecule has 6 nitrogen and oxygen atoms in total. The average Bonchev–Trinajstić information content (AvgIpc) is 2.58. The summed E-state index contributed by atoms with van der Waals surface area (Å²) in [5.74, 6) is -0.739. The lowest BCUT2D eigenvalue weighted by Crippen LogP contribution is -2.07. The summed E-state index contributed by atoms with van der Waals surface area (Å²) in [4.78, 5) is 14.8. The first-order valence-corrected chi connectivity index (χ1v) is 5.33. The zero-order valence-corrected chi connectivity index (χ0v) is 9.93. The number of carboxylic acid groups (broad SMARTS) is 1. The molecule has 0 radical (unpaired) electrons. The van der Waals surface area contributed by atoms with E-state index in [4.69, 9.17) is 9.84 Å². The van der Waals surface area contributed by atoms with Crippen molar-refractivity contribution in [3.05, 3.63) is 22.4 Å². The molecule has 0 aliphatic heterocycles. The fourth-order valence-electron chi connectivity index (χ4n) is 1.28. The van der Waals surface area contributed by atoms with Gasteiger partial charge in [0.1, 0.15) is 4.60 Å². The fourth-order valence-corrected chi connectivity index (χ4v) is 1.64. The number of hydrogen-bond acceptors (Lipinski definition) is 4. The number of halogens is 1. The van der Waals surface area contributed by atoms with Crippen molar-refractivity contribution in [3.63, 3.8) is 0 Å². The summed E-state index contributed by atoms with van der Waals surface area (Å²) >= 11 is 3.20. The van der Waals surface area contributed by atoms with Crippen LogP contribution < -0.4 is 4.74 Å². The van der Waals surface area contributed by atoms with E-state index >= 15 is 0 Å². The summed E-state index contributed by atoms with van der Waals surface area (Å²) in [5.41, 5.74) is 0.360. The number of aromatic nitrogens is 3. The van der Waals surface area contributed by atoms with Gasteiger partial charge in [0, 0.05) is 12.1 Å². The molecule has 0 aliphatic rings. The van der Waals surface area contributed by atoms with Gasteiger partial charge in [-0.2, -0.15) is 9.61 Å². The minimum absolute atomic E-state index is 0.0663. The monoisotopic (exact) mass is 285 g/mol. The first-order valence-electron chi connectivity index (χ1n) is 4.54. The molecule has 2 aromatic rings. The summed E-state index contributed by atoms with van der Waals surface area (Å²) in [6.45, 7) is 2.24. The fraction of sp³-hybridized carbons (Fsp3) is 0.222. The Balaban J connectivity index is 2.67. The zero-order chi connectivity index (χ0) is 11.7. The van der Waals surface area contributed by atoms with Gasteiger partial charge in [0.05, 0.1) is 6.61 Å². The summed E-state index contributed by atoms with van der Waals surface area (Å²) in [5, 5.41) is 13.0. The first-order chi connectivity index (χ1) is 7.61. The van der Waals surface area contributed by atoms with Gasteiger partial charge in [-0.05, 0) is 22.9 Å². The summed E-state index contributed by atoms with van der Waals surface area (Å²) in [6.07, 6.45) is 0. The molecule has 0 aliphatic carbocycles. The Kier molecular flexibility index (Phi) is 2.78. The van der Waals surface area contributed by atoms with Crippen LogP contribution in [0.1, 0.15) is 17.4 Å². The third-order valence-corrected chi connectivity index (χ3v) is 2.26. The molecule has 1 N–H and O–H groups in total. The highest BCUT2D eigenvalue weighted by atomic mass is 79.9. The van der Waals surface area contributed by atoms with E-state index in [1.165, 1.54) is 10.6 Å². The normalized spacial score (nSPS) is 10.6. The van der Waals surface area contributed by atoms with Gasteiger partial charge in [-0.25, -0.2) is 9.78 Å². The molecular formula is C9H8BrN3O3. The summed E-state index contributed by atoms with van der Waals surface area (Å²) < 4.78 is 7.32. The van der Waals surface area contributed by atoms with Crippen LogP contribution in [0.15, 0.2) is 16.7 Å². The van der Waals surface area contributed by atoms with Crippen LogP contribution in [-0.2, 0) is 0 Å². The van der Waals surface area contributed by atoms with E-state index in [0.29, 0.717) is 22.7 Å². The quantitative estimate of drug-likeness (QED) is 0.927. The van der Waals surface area contributed by atoms with Crippen molar-refractivity contribution in [1.82, 2.24) is 14.6 Å². The number of carboxylic acids is 1. The number of nitrogens with zero attached hydrogens (tertiary/aromatic N) is 3. The van der Waals surface area contributed by atoms with Gasteiger partial charge in [0.15, 0.2) is 11.3 Å². The third kappa shape index (κ3) is 1.85. The molecule has 2 rings (SSSR count). The van der Waals surface area contributed by atoms with Crippen LogP contribution in [-0.4, -0.2) is 32.3 Å². The predicted molar refractivity (Wildman–Crippen MR) is 58.8 cm³/mol. The minimum Gasteiger partial charge on any atom is -0.478 e. The lowest BCUT2D eigenvalue weighted by molar-refractivity contribution is 0.0690. The van der Waals surface area contributed by atoms with Gasteiger partial charge in [-0.15, -0.1) is 0 Å². The second-order valence-corrected chi connectivity index (χ2v) is 3.77. The molecule has 0 aromatic carbocycles. The molecule has 0 spiro atoms. The van der Waals surface area contributed by atoms with E-state index in [1.54, 1.807) is 6.07 Å². The third-order valence-electron chi connectivity index (χ3n) is 1.88. The van der Waals surface area contributed by atoms with Crippen molar-refractivity contribution in [2.45, 2.75) is 6.92 Å². The van der Waals surface area contributed by atoms with Gasteiger partial charge in [-0.1, -0.05) is 0 Å². The molecule has 0 unspecified atom stereocenters. The van der Waals surface area contributed by atoms with Crippen LogP contribution in [0.3, 0.4) is 0 Å². The molecule has 2 aromatic heterocycles. The van der Waals surface area contributed by atoms with E-state index in [-0.39, 0.29) is 5.69 Å². The van der Waals surface area contributed by atoms with Crippen molar-refractivity contribution in [1.29, 1.82) is 0 Å². The SMILES string of the molecule is CCOc1cc(C(=O)O)nc2cc(Br)nn12. The molecule has 0 saturated heterocycles. The van der Waals surface area contributed by atoms with E-state index < -0.39 is 5.97 Å². The molecule has 0 saturated carbocycles. The number of hydrogen-bond donors (Lipinski definition) is 1. The van der Waals surface area contributed by atoms with Crippen LogP contribution in [0.25, 0.3) is 5.65 Å². The first kappa shape index (κ1) is 10.9. The Labute approximate surface area is 99.0 Å². The van der Waals surface area contributed by atoms with Crippen molar-refractivity contribution >= 4 is 27.5 Å². The van der Waals surface area contributed by atoms with Crippen molar-refractivity contribution in [2.24, 2.45) is 0 Å². The van der Waals surface area contributed by atoms with Crippen LogP contribution in [0.4, 0.5) is 0 Å². The molecule has 7 heteroatoms. The van der Waals surface area contributed by atoms with E-state index in [2.05, 4.69) is 26.0 Å². The second kappa shape index (κ2) is 4.09. The Morgan fingerprint density at radius 2 is 2.38 bits per heavy atom. The Hall–Kier alpha value is -1.63. The number of fused-ring (bicyclic) bond motifs is 1. The van der Waals surface area contributed by atoms with Crippen LogP contribution >= 0.6 is 15.9 Å². The zero-order valence-electron chi connectivity index (χ0n) is 8.35. The van der Waals surface area contributed by atoms with E-state index in [1.807, 2.05) is 6.92 Å². The number of carbonyl (C=O) groups is 1. The lowest BCUT2D eigenvalue weighted by Gasteiger charge is -2.05. The smallest absolute Gasteiger partial charge is 0.354 e. The molecule has 84 valence electrons. The van der Waals surface area contributed by atoms with Crippen LogP contribution in [0.2, 0.25) is 0 Å². The molecule has 16 heavy (non-hydrogen) atoms. The van der Waals surface area contributed by atoms with Gasteiger partial charge >= 0.3 is 5.97 Å². The van der Waals surface area contributed by atoms with Gasteiger partial charge in [-0.3, -0.25) is 0 Å². The molecule has 0 atom stereocenters. The lowest BCUT2D eigenvalue weighted by atomic mass is 10.4.